The van der Waals surface area contributed by atoms with E-state index in [0.717, 1.165) is 0 Å². The summed E-state index contributed by atoms with van der Waals surface area (Å²) < 4.78 is 0. The Kier molecular flexibility index (Phi) is 4.37. The summed E-state index contributed by atoms with van der Waals surface area (Å²) in [5.41, 5.74) is 0.239. The molecule has 11 heavy (non-hydrogen) atoms. The summed E-state index contributed by atoms with van der Waals surface area (Å²) in [7, 11) is 0. The Morgan fingerprint density at radius 1 is 1.36 bits per heavy atom. The first-order valence-electron chi connectivity index (χ1n) is 3.69. The predicted octanol–water partition coefficient (Wildman–Crippen LogP) is 3.30. The molecule has 0 amide bonds. The van der Waals surface area contributed by atoms with E-state index in [-0.39, 0.29) is 5.41 Å². The van der Waals surface area contributed by atoms with E-state index in [1.54, 1.807) is 11.8 Å². The highest BCUT2D eigenvalue weighted by molar-refractivity contribution is 8.02. The van der Waals surface area contributed by atoms with Crippen LogP contribution in [-0.2, 0) is 0 Å². The van der Waals surface area contributed by atoms with Crippen LogP contribution in [0.15, 0.2) is 11.0 Å². The van der Waals surface area contributed by atoms with Crippen molar-refractivity contribution in [3.8, 4) is 11.8 Å². The highest BCUT2D eigenvalue weighted by Crippen LogP contribution is 2.32. The molecule has 0 N–H and O–H groups in total. The van der Waals surface area contributed by atoms with Crippen LogP contribution >= 0.6 is 11.8 Å². The Morgan fingerprint density at radius 2 is 1.91 bits per heavy atom. The van der Waals surface area contributed by atoms with E-state index in [4.69, 9.17) is 0 Å². The zero-order valence-electron chi connectivity index (χ0n) is 7.99. The average Bonchev–Trinajstić information content (AvgIpc) is 1.87. The third-order valence-corrected chi connectivity index (χ3v) is 2.48. The maximum absolute atomic E-state index is 2.97. The molecule has 0 saturated carbocycles. The summed E-state index contributed by atoms with van der Waals surface area (Å²) in [5.74, 6) is 5.84. The normalized spacial score (nSPS) is 12.3. The summed E-state index contributed by atoms with van der Waals surface area (Å²) in [6.07, 6.45) is 4.10. The third-order valence-electron chi connectivity index (χ3n) is 1.31. The number of allylic oxidation sites excluding steroid dienone is 2. The molecule has 0 heterocycles. The summed E-state index contributed by atoms with van der Waals surface area (Å²) >= 11 is 1.78. The zero-order valence-corrected chi connectivity index (χ0v) is 8.80. The molecule has 0 unspecified atom stereocenters. The average molecular weight is 168 g/mol. The second-order valence-corrected chi connectivity index (χ2v) is 4.21. The Labute approximate surface area is 74.5 Å². The molecule has 0 fully saturated rings. The van der Waals surface area contributed by atoms with Crippen LogP contribution in [0.3, 0.4) is 0 Å². The van der Waals surface area contributed by atoms with Crippen molar-refractivity contribution < 1.29 is 0 Å². The van der Waals surface area contributed by atoms with E-state index in [1.165, 1.54) is 4.91 Å². The van der Waals surface area contributed by atoms with Gasteiger partial charge in [0.1, 0.15) is 0 Å². The van der Waals surface area contributed by atoms with Gasteiger partial charge in [-0.15, -0.1) is 17.7 Å². The molecule has 0 atom stereocenters. The van der Waals surface area contributed by atoms with Crippen LogP contribution in [-0.4, -0.2) is 6.26 Å². The largest absolute Gasteiger partial charge is 0.133 e. The van der Waals surface area contributed by atoms with E-state index in [2.05, 4.69) is 38.9 Å². The molecule has 0 aliphatic rings. The topological polar surface area (TPSA) is 0 Å². The zero-order chi connectivity index (χ0) is 8.91. The fourth-order valence-electron chi connectivity index (χ4n) is 0.719. The lowest BCUT2D eigenvalue weighted by Crippen LogP contribution is -2.05. The molecule has 62 valence electrons. The van der Waals surface area contributed by atoms with E-state index in [1.807, 2.05) is 13.0 Å². The van der Waals surface area contributed by atoms with Crippen molar-refractivity contribution in [2.75, 3.05) is 6.26 Å². The van der Waals surface area contributed by atoms with Gasteiger partial charge in [0, 0.05) is 0 Å². The summed E-state index contributed by atoms with van der Waals surface area (Å²) in [4.78, 5) is 1.34. The van der Waals surface area contributed by atoms with Crippen LogP contribution in [0.2, 0.25) is 0 Å². The molecule has 0 aromatic carbocycles. The van der Waals surface area contributed by atoms with E-state index >= 15 is 0 Å². The molecule has 0 bridgehead atoms. The van der Waals surface area contributed by atoms with Gasteiger partial charge in [-0.05, 0) is 29.6 Å². The molecule has 0 rings (SSSR count). The van der Waals surface area contributed by atoms with Crippen LogP contribution < -0.4 is 0 Å². The first-order valence-corrected chi connectivity index (χ1v) is 4.91. The molecule has 0 saturated heterocycles. The minimum atomic E-state index is 0.239. The maximum atomic E-state index is 2.97. The fraction of sp³-hybridized carbons (Fsp3) is 0.600. The van der Waals surface area contributed by atoms with Crippen LogP contribution in [0.25, 0.3) is 0 Å². The van der Waals surface area contributed by atoms with Crippen molar-refractivity contribution in [1.29, 1.82) is 0 Å². The fourth-order valence-corrected chi connectivity index (χ4v) is 1.51. The molecule has 0 aliphatic heterocycles. The lowest BCUT2D eigenvalue weighted by atomic mass is 9.96. The van der Waals surface area contributed by atoms with E-state index in [9.17, 15) is 0 Å². The van der Waals surface area contributed by atoms with Gasteiger partial charge in [0.25, 0.3) is 0 Å². The van der Waals surface area contributed by atoms with E-state index < -0.39 is 0 Å². The predicted molar refractivity (Wildman–Crippen MR) is 54.5 cm³/mol. The van der Waals surface area contributed by atoms with Gasteiger partial charge in [0.2, 0.25) is 0 Å². The second-order valence-electron chi connectivity index (χ2n) is 3.36. The maximum Gasteiger partial charge on any atom is -0.00180 e. The first kappa shape index (κ1) is 10.7. The SMILES string of the molecule is CC#CC=C(SC)C(C)(C)C. The smallest absolute Gasteiger partial charge is 0.00180 e. The minimum Gasteiger partial charge on any atom is -0.133 e. The van der Waals surface area contributed by atoms with Crippen molar-refractivity contribution in [1.82, 2.24) is 0 Å². The Bertz CT molecular complexity index is 195. The van der Waals surface area contributed by atoms with Crippen molar-refractivity contribution >= 4 is 11.8 Å². The van der Waals surface area contributed by atoms with Crippen molar-refractivity contribution in [3.05, 3.63) is 11.0 Å². The molecule has 0 aliphatic carbocycles. The summed E-state index contributed by atoms with van der Waals surface area (Å²) in [6, 6.07) is 0. The van der Waals surface area contributed by atoms with Gasteiger partial charge in [-0.2, -0.15) is 0 Å². The minimum absolute atomic E-state index is 0.239. The second kappa shape index (κ2) is 4.51. The molecule has 0 spiro atoms. The van der Waals surface area contributed by atoms with Gasteiger partial charge >= 0.3 is 0 Å². The molecular weight excluding hydrogens is 152 g/mol. The highest BCUT2D eigenvalue weighted by Gasteiger charge is 2.14. The Morgan fingerprint density at radius 3 is 2.18 bits per heavy atom. The number of rotatable bonds is 1. The lowest BCUT2D eigenvalue weighted by Gasteiger charge is -2.19. The molecule has 1 heteroatoms. The first-order chi connectivity index (χ1) is 5.02. The quantitative estimate of drug-likeness (QED) is 0.541. The number of hydrogen-bond donors (Lipinski definition) is 0. The van der Waals surface area contributed by atoms with Gasteiger partial charge in [0.05, 0.1) is 0 Å². The van der Waals surface area contributed by atoms with Gasteiger partial charge < -0.3 is 0 Å². The van der Waals surface area contributed by atoms with Crippen LogP contribution in [0, 0.1) is 17.3 Å². The highest BCUT2D eigenvalue weighted by atomic mass is 32.2. The van der Waals surface area contributed by atoms with Crippen LogP contribution in [0.5, 0.6) is 0 Å². The molecule has 0 aromatic rings. The molecule has 0 aromatic heterocycles. The van der Waals surface area contributed by atoms with Crippen molar-refractivity contribution in [3.63, 3.8) is 0 Å². The van der Waals surface area contributed by atoms with Crippen molar-refractivity contribution in [2.24, 2.45) is 5.41 Å². The summed E-state index contributed by atoms with van der Waals surface area (Å²) in [5, 5.41) is 0. The van der Waals surface area contributed by atoms with E-state index in [0.29, 0.717) is 0 Å². The lowest BCUT2D eigenvalue weighted by molar-refractivity contribution is 0.534. The van der Waals surface area contributed by atoms with Gasteiger partial charge in [-0.3, -0.25) is 0 Å². The Hall–Kier alpha value is -0.350. The molecule has 0 radical (unpaired) electrons. The molecular formula is C10H16S. The van der Waals surface area contributed by atoms with Gasteiger partial charge in [0.15, 0.2) is 0 Å². The van der Waals surface area contributed by atoms with Gasteiger partial charge in [-0.1, -0.05) is 26.7 Å². The number of thioether (sulfide) groups is 1. The monoisotopic (exact) mass is 168 g/mol. The van der Waals surface area contributed by atoms with Crippen LogP contribution in [0.4, 0.5) is 0 Å². The number of hydrogen-bond acceptors (Lipinski definition) is 1. The standard InChI is InChI=1S/C10H16S/c1-6-7-8-9(11-5)10(2,3)4/h8H,1-5H3. The van der Waals surface area contributed by atoms with Gasteiger partial charge in [-0.25, -0.2) is 0 Å². The summed E-state index contributed by atoms with van der Waals surface area (Å²) in [6.45, 7) is 8.46. The van der Waals surface area contributed by atoms with Crippen molar-refractivity contribution in [2.45, 2.75) is 27.7 Å². The molecule has 0 nitrogen and oxygen atoms in total. The Balaban J connectivity index is 4.49. The third kappa shape index (κ3) is 4.16. The van der Waals surface area contributed by atoms with Crippen LogP contribution in [0.1, 0.15) is 27.7 Å².